The number of hydrogen-bond acceptors (Lipinski definition) is 5. The van der Waals surface area contributed by atoms with Crippen molar-refractivity contribution < 1.29 is 14.2 Å². The van der Waals surface area contributed by atoms with Gasteiger partial charge in [0.05, 0.1) is 20.3 Å². The normalized spacial score (nSPS) is 17.9. The highest BCUT2D eigenvalue weighted by molar-refractivity contribution is 5.80. The van der Waals surface area contributed by atoms with Crippen molar-refractivity contribution in [3.8, 4) is 11.5 Å². The summed E-state index contributed by atoms with van der Waals surface area (Å²) in [6, 6.07) is 16.6. The minimum Gasteiger partial charge on any atom is -0.497 e. The van der Waals surface area contributed by atoms with E-state index in [4.69, 9.17) is 14.2 Å². The van der Waals surface area contributed by atoms with Gasteiger partial charge in [-0.05, 0) is 29.7 Å². The number of benzene rings is 2. The Morgan fingerprint density at radius 2 is 1.81 bits per heavy atom. The van der Waals surface area contributed by atoms with Crippen LogP contribution in [0.1, 0.15) is 23.7 Å². The van der Waals surface area contributed by atoms with Crippen LogP contribution in [0.2, 0.25) is 0 Å². The molecule has 0 bridgehead atoms. The molecule has 1 heterocycles. The molecule has 2 N–H and O–H groups in total. The molecule has 31 heavy (non-hydrogen) atoms. The molecular weight excluding hydrogens is 392 g/mol. The van der Waals surface area contributed by atoms with Gasteiger partial charge in [-0.25, -0.2) is 0 Å². The fourth-order valence-electron chi connectivity index (χ4n) is 3.89. The van der Waals surface area contributed by atoms with E-state index in [1.807, 2.05) is 24.3 Å². The molecule has 168 valence electrons. The van der Waals surface area contributed by atoms with Crippen LogP contribution in [-0.4, -0.2) is 64.9 Å². The average molecular weight is 427 g/mol. The van der Waals surface area contributed by atoms with E-state index in [1.54, 1.807) is 28.4 Å². The molecule has 7 nitrogen and oxygen atoms in total. The molecule has 0 radical (unpaired) electrons. The maximum atomic E-state index is 5.65. The Morgan fingerprint density at radius 1 is 1.10 bits per heavy atom. The minimum atomic E-state index is -0.0251. The highest BCUT2D eigenvalue weighted by atomic mass is 16.5. The van der Waals surface area contributed by atoms with Crippen molar-refractivity contribution in [2.75, 3.05) is 48.0 Å². The largest absolute Gasteiger partial charge is 0.497 e. The summed E-state index contributed by atoms with van der Waals surface area (Å²) < 4.78 is 16.4. The van der Waals surface area contributed by atoms with Gasteiger partial charge in [0.25, 0.3) is 0 Å². The fraction of sp³-hybridized carbons (Fsp3) is 0.458. The molecular formula is C24H34N4O3. The van der Waals surface area contributed by atoms with Crippen LogP contribution in [0.4, 0.5) is 0 Å². The van der Waals surface area contributed by atoms with Gasteiger partial charge < -0.3 is 24.8 Å². The molecule has 2 atom stereocenters. The van der Waals surface area contributed by atoms with Crippen LogP contribution in [0.15, 0.2) is 53.5 Å². The highest BCUT2D eigenvalue weighted by Gasteiger charge is 2.24. The molecule has 1 aliphatic rings. The predicted octanol–water partition coefficient (Wildman–Crippen LogP) is 2.83. The molecule has 0 amide bonds. The number of hydrogen-bond donors (Lipinski definition) is 2. The summed E-state index contributed by atoms with van der Waals surface area (Å²) in [6.07, 6.45) is 1.04. The highest BCUT2D eigenvalue weighted by Crippen LogP contribution is 2.24. The summed E-state index contributed by atoms with van der Waals surface area (Å²) >= 11 is 0. The third-order valence-electron chi connectivity index (χ3n) is 5.57. The van der Waals surface area contributed by atoms with Gasteiger partial charge in [0, 0.05) is 52.4 Å². The van der Waals surface area contributed by atoms with E-state index in [-0.39, 0.29) is 6.10 Å². The maximum Gasteiger partial charge on any atom is 0.191 e. The molecule has 7 heteroatoms. The number of nitrogens with one attached hydrogen (secondary N) is 2. The van der Waals surface area contributed by atoms with E-state index in [0.29, 0.717) is 12.6 Å². The predicted molar refractivity (Wildman–Crippen MR) is 124 cm³/mol. The Hall–Kier alpha value is -2.77. The third kappa shape index (κ3) is 6.60. The van der Waals surface area contributed by atoms with Gasteiger partial charge in [0.1, 0.15) is 11.5 Å². The van der Waals surface area contributed by atoms with Gasteiger partial charge in [-0.1, -0.05) is 30.3 Å². The van der Waals surface area contributed by atoms with Crippen LogP contribution in [0.25, 0.3) is 0 Å². The number of rotatable bonds is 9. The van der Waals surface area contributed by atoms with Gasteiger partial charge in [0.2, 0.25) is 0 Å². The lowest BCUT2D eigenvalue weighted by Crippen LogP contribution is -2.45. The van der Waals surface area contributed by atoms with E-state index in [1.165, 1.54) is 5.56 Å². The van der Waals surface area contributed by atoms with Crippen molar-refractivity contribution in [3.05, 3.63) is 59.7 Å². The van der Waals surface area contributed by atoms with Crippen LogP contribution in [0.3, 0.4) is 0 Å². The first-order chi connectivity index (χ1) is 15.1. The lowest BCUT2D eigenvalue weighted by atomic mass is 10.1. The number of methoxy groups -OCH3 is 3. The van der Waals surface area contributed by atoms with E-state index in [2.05, 4.69) is 44.8 Å². The Morgan fingerprint density at radius 3 is 2.42 bits per heavy atom. The lowest BCUT2D eigenvalue weighted by molar-refractivity contribution is 0.106. The zero-order valence-corrected chi connectivity index (χ0v) is 18.9. The lowest BCUT2D eigenvalue weighted by Gasteiger charge is -2.21. The smallest absolute Gasteiger partial charge is 0.191 e. The van der Waals surface area contributed by atoms with Crippen molar-refractivity contribution >= 4 is 5.96 Å². The molecule has 2 aromatic carbocycles. The zero-order chi connectivity index (χ0) is 22.1. The molecule has 2 aromatic rings. The summed E-state index contributed by atoms with van der Waals surface area (Å²) in [5.74, 6) is 2.44. The van der Waals surface area contributed by atoms with Crippen molar-refractivity contribution in [2.24, 2.45) is 4.99 Å². The molecule has 1 aliphatic heterocycles. The Balaban J connectivity index is 1.50. The first-order valence-electron chi connectivity index (χ1n) is 10.6. The summed E-state index contributed by atoms with van der Waals surface area (Å²) in [7, 11) is 6.89. The monoisotopic (exact) mass is 426 g/mol. The molecule has 3 rings (SSSR count). The molecule has 0 aromatic heterocycles. The van der Waals surface area contributed by atoms with Crippen LogP contribution in [-0.2, 0) is 11.3 Å². The molecule has 0 aliphatic carbocycles. The second-order valence-corrected chi connectivity index (χ2v) is 7.67. The summed E-state index contributed by atoms with van der Waals surface area (Å²) in [4.78, 5) is 6.82. The fourth-order valence-corrected chi connectivity index (χ4v) is 3.89. The first-order valence-corrected chi connectivity index (χ1v) is 10.6. The second kappa shape index (κ2) is 11.6. The van der Waals surface area contributed by atoms with E-state index >= 15 is 0 Å². The number of aliphatic imine (C=N–C) groups is 1. The van der Waals surface area contributed by atoms with Gasteiger partial charge >= 0.3 is 0 Å². The zero-order valence-electron chi connectivity index (χ0n) is 18.9. The third-order valence-corrected chi connectivity index (χ3v) is 5.57. The molecule has 2 unspecified atom stereocenters. The molecule has 0 spiro atoms. The summed E-state index contributed by atoms with van der Waals surface area (Å²) in [5, 5.41) is 6.95. The standard InChI is InChI=1S/C24H34N4O3/c1-25-24(26-15-23(31-4)19-8-6-5-7-9-19)27-20-10-11-28(17-20)16-18-12-21(29-2)14-22(13-18)30-3/h5-9,12-14,20,23H,10-11,15-17H2,1-4H3,(H2,25,26,27). The average Bonchev–Trinajstić information content (AvgIpc) is 3.25. The number of likely N-dealkylation sites (tertiary alicyclic amines) is 1. The van der Waals surface area contributed by atoms with Gasteiger partial charge in [0.15, 0.2) is 5.96 Å². The summed E-state index contributed by atoms with van der Waals surface area (Å²) in [5.41, 5.74) is 2.33. The van der Waals surface area contributed by atoms with Crippen molar-refractivity contribution in [1.82, 2.24) is 15.5 Å². The van der Waals surface area contributed by atoms with E-state index in [9.17, 15) is 0 Å². The number of guanidine groups is 1. The number of ether oxygens (including phenoxy) is 3. The first kappa shape index (κ1) is 22.9. The van der Waals surface area contributed by atoms with Gasteiger partial charge in [-0.2, -0.15) is 0 Å². The molecule has 0 saturated carbocycles. The molecule has 1 saturated heterocycles. The summed E-state index contributed by atoms with van der Waals surface area (Å²) in [6.45, 7) is 3.49. The maximum absolute atomic E-state index is 5.65. The van der Waals surface area contributed by atoms with E-state index in [0.717, 1.165) is 49.1 Å². The quantitative estimate of drug-likeness (QED) is 0.475. The van der Waals surface area contributed by atoms with Crippen LogP contribution in [0.5, 0.6) is 11.5 Å². The number of nitrogens with zero attached hydrogens (tertiary/aromatic N) is 2. The van der Waals surface area contributed by atoms with Crippen molar-refractivity contribution in [1.29, 1.82) is 0 Å². The van der Waals surface area contributed by atoms with E-state index < -0.39 is 0 Å². The molecule has 1 fully saturated rings. The Labute approximate surface area is 185 Å². The Bertz CT molecular complexity index is 822. The van der Waals surface area contributed by atoms with Gasteiger partial charge in [-0.3, -0.25) is 9.89 Å². The SMILES string of the molecule is CN=C(NCC(OC)c1ccccc1)NC1CCN(Cc2cc(OC)cc(OC)c2)C1. The minimum absolute atomic E-state index is 0.0251. The van der Waals surface area contributed by atoms with Crippen molar-refractivity contribution in [3.63, 3.8) is 0 Å². The van der Waals surface area contributed by atoms with Crippen LogP contribution < -0.4 is 20.1 Å². The van der Waals surface area contributed by atoms with Gasteiger partial charge in [-0.15, -0.1) is 0 Å². The van der Waals surface area contributed by atoms with Crippen LogP contribution >= 0.6 is 0 Å². The second-order valence-electron chi connectivity index (χ2n) is 7.67. The van der Waals surface area contributed by atoms with Crippen molar-refractivity contribution in [2.45, 2.75) is 25.1 Å². The topological polar surface area (TPSA) is 67.4 Å². The Kier molecular flexibility index (Phi) is 8.55. The van der Waals surface area contributed by atoms with Crippen LogP contribution in [0, 0.1) is 0 Å².